The zero-order valence-electron chi connectivity index (χ0n) is 14.2. The molecule has 2 fully saturated rings. The van der Waals surface area contributed by atoms with Crippen molar-refractivity contribution in [3.05, 3.63) is 24.3 Å². The lowest BCUT2D eigenvalue weighted by Crippen LogP contribution is -2.29. The van der Waals surface area contributed by atoms with Crippen LogP contribution >= 0.6 is 0 Å². The molecule has 126 valence electrons. The molecule has 0 heterocycles. The van der Waals surface area contributed by atoms with E-state index >= 15 is 0 Å². The van der Waals surface area contributed by atoms with Gasteiger partial charge in [0.15, 0.2) is 0 Å². The molecule has 3 heteroatoms. The smallest absolute Gasteiger partial charge is 0.309 e. The minimum Gasteiger partial charge on any atom is -0.462 e. The third kappa shape index (κ3) is 5.86. The van der Waals surface area contributed by atoms with E-state index in [0.29, 0.717) is 5.92 Å². The van der Waals surface area contributed by atoms with Crippen molar-refractivity contribution in [1.29, 1.82) is 5.26 Å². The number of allylic oxidation sites excluding steroid dienone is 4. The van der Waals surface area contributed by atoms with Gasteiger partial charge in [-0.15, -0.1) is 0 Å². The zero-order chi connectivity index (χ0) is 16.5. The number of ether oxygens (including phenoxy) is 1. The molecule has 0 aliphatic heterocycles. The van der Waals surface area contributed by atoms with E-state index in [9.17, 15) is 4.79 Å². The highest BCUT2D eigenvalue weighted by atomic mass is 16.5. The third-order valence-electron chi connectivity index (χ3n) is 5.42. The highest BCUT2D eigenvalue weighted by Crippen LogP contribution is 2.33. The fourth-order valence-electron chi connectivity index (χ4n) is 3.79. The second-order valence-electron chi connectivity index (χ2n) is 6.97. The second-order valence-corrected chi connectivity index (χ2v) is 6.97. The Hall–Kier alpha value is -1.56. The van der Waals surface area contributed by atoms with Crippen molar-refractivity contribution in [3.63, 3.8) is 0 Å². The number of nitrogens with zero attached hydrogens (tertiary/aromatic N) is 1. The molecule has 0 bridgehead atoms. The molecule has 0 aromatic rings. The average Bonchev–Trinajstić information content (AvgIpc) is 2.60. The second kappa shape index (κ2) is 9.55. The lowest BCUT2D eigenvalue weighted by molar-refractivity contribution is -0.157. The normalized spacial score (nSPS) is 32.0. The van der Waals surface area contributed by atoms with Crippen LogP contribution in [-0.2, 0) is 9.53 Å². The molecule has 23 heavy (non-hydrogen) atoms. The summed E-state index contributed by atoms with van der Waals surface area (Å²) < 4.78 is 5.77. The summed E-state index contributed by atoms with van der Waals surface area (Å²) in [4.78, 5) is 12.3. The molecule has 0 aromatic heterocycles. The number of hydrogen-bond donors (Lipinski definition) is 0. The maximum Gasteiger partial charge on any atom is 0.309 e. The minimum absolute atomic E-state index is 0.0514. The topological polar surface area (TPSA) is 50.1 Å². The number of rotatable bonds is 5. The predicted molar refractivity (Wildman–Crippen MR) is 91.5 cm³/mol. The predicted octanol–water partition coefficient (Wildman–Crippen LogP) is 4.94. The van der Waals surface area contributed by atoms with Crippen LogP contribution in [-0.4, -0.2) is 12.1 Å². The molecule has 2 saturated carbocycles. The van der Waals surface area contributed by atoms with Gasteiger partial charge in [0.25, 0.3) is 0 Å². The molecule has 0 amide bonds. The molecular weight excluding hydrogens is 286 g/mol. The van der Waals surface area contributed by atoms with Crippen LogP contribution in [0.15, 0.2) is 24.3 Å². The summed E-state index contributed by atoms with van der Waals surface area (Å²) in [5.74, 6) is 1.56. The van der Waals surface area contributed by atoms with Gasteiger partial charge in [-0.3, -0.25) is 4.79 Å². The molecule has 2 aliphatic carbocycles. The summed E-state index contributed by atoms with van der Waals surface area (Å²) in [6.07, 6.45) is 17.2. The van der Waals surface area contributed by atoms with Gasteiger partial charge < -0.3 is 4.74 Å². The van der Waals surface area contributed by atoms with Crippen molar-refractivity contribution in [3.8, 4) is 6.07 Å². The number of carbonyl (C=O) groups is 1. The van der Waals surface area contributed by atoms with E-state index in [1.54, 1.807) is 6.08 Å². The molecule has 0 radical (unpaired) electrons. The van der Waals surface area contributed by atoms with E-state index in [0.717, 1.165) is 44.4 Å². The van der Waals surface area contributed by atoms with Crippen molar-refractivity contribution < 1.29 is 9.53 Å². The van der Waals surface area contributed by atoms with Crippen molar-refractivity contribution in [2.75, 3.05) is 0 Å². The first-order valence-electron chi connectivity index (χ1n) is 9.16. The van der Waals surface area contributed by atoms with Crippen molar-refractivity contribution in [2.24, 2.45) is 17.8 Å². The van der Waals surface area contributed by atoms with E-state index in [-0.39, 0.29) is 18.0 Å². The third-order valence-corrected chi connectivity index (χ3v) is 5.42. The largest absolute Gasteiger partial charge is 0.462 e. The summed E-state index contributed by atoms with van der Waals surface area (Å²) in [6.45, 7) is 2.24. The van der Waals surface area contributed by atoms with Gasteiger partial charge in [0.1, 0.15) is 6.10 Å². The van der Waals surface area contributed by atoms with Gasteiger partial charge in [-0.25, -0.2) is 0 Å². The van der Waals surface area contributed by atoms with Crippen LogP contribution in [0, 0.1) is 29.1 Å². The first-order valence-corrected chi connectivity index (χ1v) is 9.16. The van der Waals surface area contributed by atoms with Crippen LogP contribution in [0.25, 0.3) is 0 Å². The SMILES string of the molecule is CCC1CCC(C(=O)OC2CCC(/C=C/C=CC#N)CC2)CC1. The van der Waals surface area contributed by atoms with Gasteiger partial charge in [-0.1, -0.05) is 31.6 Å². The quantitative estimate of drug-likeness (QED) is 0.410. The molecule has 0 aromatic carbocycles. The highest BCUT2D eigenvalue weighted by Gasteiger charge is 2.29. The Bertz CT molecular complexity index is 459. The number of nitriles is 1. The fourth-order valence-corrected chi connectivity index (χ4v) is 3.79. The minimum atomic E-state index is 0.0514. The van der Waals surface area contributed by atoms with Gasteiger partial charge in [0.05, 0.1) is 12.0 Å². The zero-order valence-corrected chi connectivity index (χ0v) is 14.2. The van der Waals surface area contributed by atoms with Crippen LogP contribution in [0.4, 0.5) is 0 Å². The first-order chi connectivity index (χ1) is 11.2. The van der Waals surface area contributed by atoms with E-state index in [1.807, 2.05) is 12.1 Å². The van der Waals surface area contributed by atoms with Crippen molar-refractivity contribution >= 4 is 5.97 Å². The van der Waals surface area contributed by atoms with Crippen molar-refractivity contribution in [1.82, 2.24) is 0 Å². The molecule has 2 rings (SSSR count). The lowest BCUT2D eigenvalue weighted by Gasteiger charge is -2.30. The van der Waals surface area contributed by atoms with Gasteiger partial charge >= 0.3 is 5.97 Å². The van der Waals surface area contributed by atoms with E-state index in [2.05, 4.69) is 13.0 Å². The Labute approximate surface area is 140 Å². The Morgan fingerprint density at radius 1 is 1.09 bits per heavy atom. The summed E-state index contributed by atoms with van der Waals surface area (Å²) in [5, 5.41) is 8.44. The number of carbonyl (C=O) groups excluding carboxylic acids is 1. The molecule has 0 atom stereocenters. The summed E-state index contributed by atoms with van der Waals surface area (Å²) in [5.41, 5.74) is 0. The molecular formula is C20H29NO2. The van der Waals surface area contributed by atoms with Crippen LogP contribution in [0.5, 0.6) is 0 Å². The van der Waals surface area contributed by atoms with Crippen LogP contribution in [0.1, 0.15) is 64.7 Å². The van der Waals surface area contributed by atoms with Crippen molar-refractivity contribution in [2.45, 2.75) is 70.8 Å². The fraction of sp³-hybridized carbons (Fsp3) is 0.700. The maximum atomic E-state index is 12.3. The Kier molecular flexibility index (Phi) is 7.39. The van der Waals surface area contributed by atoms with E-state index in [4.69, 9.17) is 10.00 Å². The maximum absolute atomic E-state index is 12.3. The molecule has 0 unspecified atom stereocenters. The summed E-state index contributed by atoms with van der Waals surface area (Å²) in [6, 6.07) is 1.98. The summed E-state index contributed by atoms with van der Waals surface area (Å²) >= 11 is 0. The van der Waals surface area contributed by atoms with Crippen LogP contribution < -0.4 is 0 Å². The van der Waals surface area contributed by atoms with Gasteiger partial charge in [-0.05, 0) is 63.2 Å². The monoisotopic (exact) mass is 315 g/mol. The number of hydrogen-bond acceptors (Lipinski definition) is 3. The van der Waals surface area contributed by atoms with E-state index < -0.39 is 0 Å². The molecule has 0 N–H and O–H groups in total. The van der Waals surface area contributed by atoms with Crippen LogP contribution in [0.3, 0.4) is 0 Å². The average molecular weight is 315 g/mol. The molecule has 2 aliphatic rings. The Balaban J connectivity index is 1.68. The molecule has 0 saturated heterocycles. The standard InChI is InChI=1S/C20H29NO2/c1-2-16-7-11-18(12-8-16)20(22)23-19-13-9-17(10-14-19)6-4-3-5-15-21/h3-6,16-19H,2,7-14H2,1H3/b5-3?,6-4+. The lowest BCUT2D eigenvalue weighted by atomic mass is 9.81. The van der Waals surface area contributed by atoms with Gasteiger partial charge in [-0.2, -0.15) is 5.26 Å². The molecule has 0 spiro atoms. The highest BCUT2D eigenvalue weighted by molar-refractivity contribution is 5.72. The number of esters is 1. The van der Waals surface area contributed by atoms with Gasteiger partial charge in [0, 0.05) is 6.08 Å². The van der Waals surface area contributed by atoms with Gasteiger partial charge in [0.2, 0.25) is 0 Å². The first kappa shape index (κ1) is 17.8. The summed E-state index contributed by atoms with van der Waals surface area (Å²) in [7, 11) is 0. The Morgan fingerprint density at radius 3 is 2.39 bits per heavy atom. The molecule has 3 nitrogen and oxygen atoms in total. The van der Waals surface area contributed by atoms with Crippen LogP contribution in [0.2, 0.25) is 0 Å². The van der Waals surface area contributed by atoms with E-state index in [1.165, 1.54) is 25.3 Å². The Morgan fingerprint density at radius 2 is 1.78 bits per heavy atom.